The van der Waals surface area contributed by atoms with Crippen LogP contribution in [0.15, 0.2) is 35.3 Å². The van der Waals surface area contributed by atoms with Gasteiger partial charge >= 0.3 is 0 Å². The van der Waals surface area contributed by atoms with Crippen molar-refractivity contribution < 1.29 is 0 Å². The smallest absolute Gasteiger partial charge is 0.193 e. The van der Waals surface area contributed by atoms with Gasteiger partial charge in [0.25, 0.3) is 0 Å². The van der Waals surface area contributed by atoms with Crippen LogP contribution in [-0.4, -0.2) is 56.0 Å². The number of aliphatic imine (C=N–C) groups is 1. The van der Waals surface area contributed by atoms with Gasteiger partial charge in [0.05, 0.1) is 6.54 Å². The summed E-state index contributed by atoms with van der Waals surface area (Å²) < 4.78 is 0. The van der Waals surface area contributed by atoms with Crippen LogP contribution in [-0.2, 0) is 6.54 Å². The summed E-state index contributed by atoms with van der Waals surface area (Å²) in [5.74, 6) is 0.957. The lowest BCUT2D eigenvalue weighted by atomic mass is 10.2. The molecule has 5 heteroatoms. The van der Waals surface area contributed by atoms with E-state index in [-0.39, 0.29) is 24.0 Å². The molecule has 0 aromatic heterocycles. The fourth-order valence-corrected chi connectivity index (χ4v) is 2.15. The van der Waals surface area contributed by atoms with Gasteiger partial charge in [0.2, 0.25) is 0 Å². The van der Waals surface area contributed by atoms with Crippen molar-refractivity contribution in [2.24, 2.45) is 4.99 Å². The summed E-state index contributed by atoms with van der Waals surface area (Å²) in [5, 5.41) is 3.44. The summed E-state index contributed by atoms with van der Waals surface area (Å²) >= 11 is 0. The van der Waals surface area contributed by atoms with Crippen molar-refractivity contribution in [3.8, 4) is 0 Å². The highest BCUT2D eigenvalue weighted by Gasteiger charge is 2.02. The van der Waals surface area contributed by atoms with E-state index in [1.807, 2.05) is 25.1 Å². The average Bonchev–Trinajstić information content (AvgIpc) is 2.51. The van der Waals surface area contributed by atoms with Gasteiger partial charge in [-0.15, -0.1) is 24.0 Å². The monoisotopic (exact) mass is 418 g/mol. The molecule has 1 aromatic rings. The lowest BCUT2D eigenvalue weighted by Crippen LogP contribution is -2.38. The second-order valence-electron chi connectivity index (χ2n) is 5.33. The molecule has 0 unspecified atom stereocenters. The van der Waals surface area contributed by atoms with Crippen LogP contribution in [0.5, 0.6) is 0 Å². The Balaban J connectivity index is 0.00000441. The number of nitrogens with one attached hydrogen (secondary N) is 1. The number of benzene rings is 1. The van der Waals surface area contributed by atoms with Gasteiger partial charge in [0, 0.05) is 20.6 Å². The molecule has 0 fully saturated rings. The van der Waals surface area contributed by atoms with E-state index in [0.717, 1.165) is 45.1 Å². The lowest BCUT2D eigenvalue weighted by Gasteiger charge is -2.20. The van der Waals surface area contributed by atoms with E-state index in [1.54, 1.807) is 0 Å². The molecule has 0 saturated carbocycles. The molecule has 0 aliphatic carbocycles. The Morgan fingerprint density at radius 2 is 1.73 bits per heavy atom. The van der Waals surface area contributed by atoms with Crippen LogP contribution in [0, 0.1) is 0 Å². The molecular formula is C17H31IN4. The highest BCUT2D eigenvalue weighted by molar-refractivity contribution is 14.0. The first kappa shape index (κ1) is 21.2. The van der Waals surface area contributed by atoms with E-state index in [9.17, 15) is 0 Å². The predicted molar refractivity (Wildman–Crippen MR) is 107 cm³/mol. The zero-order chi connectivity index (χ0) is 15.5. The number of hydrogen-bond donors (Lipinski definition) is 1. The molecule has 0 radical (unpaired) electrons. The van der Waals surface area contributed by atoms with Crippen LogP contribution in [0.4, 0.5) is 0 Å². The van der Waals surface area contributed by atoms with Crippen LogP contribution in [0.3, 0.4) is 0 Å². The van der Waals surface area contributed by atoms with E-state index in [0.29, 0.717) is 0 Å². The molecule has 0 atom stereocenters. The molecule has 0 amide bonds. The number of nitrogens with zero attached hydrogens (tertiary/aromatic N) is 3. The second-order valence-corrected chi connectivity index (χ2v) is 5.33. The molecule has 0 aliphatic heterocycles. The molecule has 0 heterocycles. The minimum Gasteiger partial charge on any atom is -0.356 e. The second kappa shape index (κ2) is 12.7. The van der Waals surface area contributed by atoms with Gasteiger partial charge < -0.3 is 15.1 Å². The maximum Gasteiger partial charge on any atom is 0.193 e. The minimum absolute atomic E-state index is 0. The third-order valence-corrected chi connectivity index (χ3v) is 3.51. The molecule has 1 aromatic carbocycles. The maximum atomic E-state index is 4.67. The standard InChI is InChI=1S/C17H30N4.HI/c1-5-21(6-2)14-10-13-18-17(20(3)4)19-15-16-11-8-7-9-12-16;/h7-9,11-12H,5-6,10,13-15H2,1-4H3,(H,18,19);1H. The third-order valence-electron chi connectivity index (χ3n) is 3.51. The van der Waals surface area contributed by atoms with Gasteiger partial charge in [-0.3, -0.25) is 0 Å². The molecule has 0 saturated heterocycles. The molecule has 1 rings (SSSR count). The van der Waals surface area contributed by atoms with E-state index >= 15 is 0 Å². The van der Waals surface area contributed by atoms with E-state index in [2.05, 4.69) is 53.3 Å². The van der Waals surface area contributed by atoms with Crippen molar-refractivity contribution in [1.29, 1.82) is 0 Å². The third kappa shape index (κ3) is 8.58. The maximum absolute atomic E-state index is 4.67. The molecule has 0 bridgehead atoms. The van der Waals surface area contributed by atoms with Crippen molar-refractivity contribution in [1.82, 2.24) is 15.1 Å². The lowest BCUT2D eigenvalue weighted by molar-refractivity contribution is 0.300. The van der Waals surface area contributed by atoms with Crippen LogP contribution < -0.4 is 5.32 Å². The summed E-state index contributed by atoms with van der Waals surface area (Å²) in [6, 6.07) is 10.4. The molecule has 0 aliphatic rings. The van der Waals surface area contributed by atoms with E-state index < -0.39 is 0 Å². The van der Waals surface area contributed by atoms with Gasteiger partial charge in [0.1, 0.15) is 0 Å². The summed E-state index contributed by atoms with van der Waals surface area (Å²) in [6.45, 7) is 9.49. The van der Waals surface area contributed by atoms with Gasteiger partial charge in [-0.2, -0.15) is 0 Å². The molecule has 126 valence electrons. The fraction of sp³-hybridized carbons (Fsp3) is 0.588. The molecule has 4 nitrogen and oxygen atoms in total. The number of halogens is 1. The molecular weight excluding hydrogens is 387 g/mol. The fourth-order valence-electron chi connectivity index (χ4n) is 2.15. The van der Waals surface area contributed by atoms with E-state index in [1.165, 1.54) is 5.56 Å². The van der Waals surface area contributed by atoms with Crippen LogP contribution in [0.2, 0.25) is 0 Å². The van der Waals surface area contributed by atoms with Crippen molar-refractivity contribution >= 4 is 29.9 Å². The highest BCUT2D eigenvalue weighted by Crippen LogP contribution is 2.00. The Morgan fingerprint density at radius 3 is 2.27 bits per heavy atom. The number of guanidine groups is 1. The van der Waals surface area contributed by atoms with Gasteiger partial charge in [-0.25, -0.2) is 4.99 Å². The van der Waals surface area contributed by atoms with Gasteiger partial charge in [0.15, 0.2) is 5.96 Å². The first-order valence-corrected chi connectivity index (χ1v) is 7.89. The normalized spacial score (nSPS) is 11.2. The molecule has 22 heavy (non-hydrogen) atoms. The number of hydrogen-bond acceptors (Lipinski definition) is 2. The summed E-state index contributed by atoms with van der Waals surface area (Å²) in [4.78, 5) is 9.15. The number of rotatable bonds is 8. The summed E-state index contributed by atoms with van der Waals surface area (Å²) in [6.07, 6.45) is 1.14. The Bertz CT molecular complexity index is 402. The van der Waals surface area contributed by atoms with Crippen LogP contribution >= 0.6 is 24.0 Å². The van der Waals surface area contributed by atoms with Crippen molar-refractivity contribution in [2.75, 3.05) is 40.3 Å². The highest BCUT2D eigenvalue weighted by atomic mass is 127. The van der Waals surface area contributed by atoms with Gasteiger partial charge in [-0.05, 0) is 31.6 Å². The first-order chi connectivity index (χ1) is 10.2. The van der Waals surface area contributed by atoms with Crippen LogP contribution in [0.1, 0.15) is 25.8 Å². The first-order valence-electron chi connectivity index (χ1n) is 7.89. The predicted octanol–water partition coefficient (Wildman–Crippen LogP) is 3.04. The Morgan fingerprint density at radius 1 is 1.09 bits per heavy atom. The van der Waals surface area contributed by atoms with Crippen molar-refractivity contribution in [3.63, 3.8) is 0 Å². The van der Waals surface area contributed by atoms with Crippen molar-refractivity contribution in [3.05, 3.63) is 35.9 Å². The SMILES string of the molecule is CCN(CC)CCCNC(=NCc1ccccc1)N(C)C.I. The largest absolute Gasteiger partial charge is 0.356 e. The Kier molecular flexibility index (Phi) is 12.2. The zero-order valence-electron chi connectivity index (χ0n) is 14.4. The average molecular weight is 418 g/mol. The van der Waals surface area contributed by atoms with Gasteiger partial charge in [-0.1, -0.05) is 44.2 Å². The van der Waals surface area contributed by atoms with E-state index in [4.69, 9.17) is 0 Å². The summed E-state index contributed by atoms with van der Waals surface area (Å²) in [7, 11) is 4.06. The Labute approximate surface area is 153 Å². The molecule has 0 spiro atoms. The topological polar surface area (TPSA) is 30.9 Å². The Hall–Kier alpha value is -0.820. The summed E-state index contributed by atoms with van der Waals surface area (Å²) in [5.41, 5.74) is 1.24. The zero-order valence-corrected chi connectivity index (χ0v) is 16.7. The molecule has 1 N–H and O–H groups in total. The van der Waals surface area contributed by atoms with Crippen molar-refractivity contribution in [2.45, 2.75) is 26.8 Å². The quantitative estimate of drug-likeness (QED) is 0.305. The minimum atomic E-state index is 0. The van der Waals surface area contributed by atoms with Crippen LogP contribution in [0.25, 0.3) is 0 Å².